The quantitative estimate of drug-likeness (QED) is 0.613. The molecule has 1 aliphatic rings. The summed E-state index contributed by atoms with van der Waals surface area (Å²) in [6.45, 7) is 6.25. The predicted molar refractivity (Wildman–Crippen MR) is 126 cm³/mol. The van der Waals surface area contributed by atoms with Gasteiger partial charge in [0.2, 0.25) is 11.8 Å². The fourth-order valence-corrected chi connectivity index (χ4v) is 4.70. The molecule has 0 saturated heterocycles. The molecule has 0 unspecified atom stereocenters. The maximum absolute atomic E-state index is 13.5. The van der Waals surface area contributed by atoms with Crippen molar-refractivity contribution in [1.82, 2.24) is 10.2 Å². The molecule has 32 heavy (non-hydrogen) atoms. The molecule has 2 aromatic carbocycles. The van der Waals surface area contributed by atoms with Crippen molar-refractivity contribution in [3.05, 3.63) is 70.5 Å². The van der Waals surface area contributed by atoms with Gasteiger partial charge in [0.25, 0.3) is 0 Å². The number of carbonyl (C=O) groups is 2. The smallest absolute Gasteiger partial charge is 0.243 e. The second kappa shape index (κ2) is 11.3. The van der Waals surface area contributed by atoms with Crippen LogP contribution in [0, 0.1) is 19.7 Å². The zero-order chi connectivity index (χ0) is 23.1. The Morgan fingerprint density at radius 1 is 1.00 bits per heavy atom. The highest BCUT2D eigenvalue weighted by molar-refractivity contribution is 5.88. The first-order valence-corrected chi connectivity index (χ1v) is 11.8. The lowest BCUT2D eigenvalue weighted by Crippen LogP contribution is -2.51. The van der Waals surface area contributed by atoms with Crippen LogP contribution in [0.1, 0.15) is 67.7 Å². The molecule has 0 radical (unpaired) electrons. The number of benzene rings is 2. The molecule has 1 N–H and O–H groups in total. The molecule has 172 valence electrons. The maximum atomic E-state index is 13.5. The van der Waals surface area contributed by atoms with E-state index in [-0.39, 0.29) is 36.6 Å². The second-order valence-electron chi connectivity index (χ2n) is 9.09. The molecule has 0 aromatic heterocycles. The van der Waals surface area contributed by atoms with Gasteiger partial charge in [0.1, 0.15) is 11.9 Å². The Morgan fingerprint density at radius 3 is 2.22 bits per heavy atom. The van der Waals surface area contributed by atoms with Crippen LogP contribution in [0.5, 0.6) is 0 Å². The zero-order valence-corrected chi connectivity index (χ0v) is 19.5. The van der Waals surface area contributed by atoms with E-state index in [1.807, 2.05) is 32.9 Å². The van der Waals surface area contributed by atoms with Gasteiger partial charge in [0.05, 0.1) is 6.42 Å². The van der Waals surface area contributed by atoms with Crippen LogP contribution >= 0.6 is 0 Å². The van der Waals surface area contributed by atoms with Crippen molar-refractivity contribution in [1.29, 1.82) is 0 Å². The number of hydrogen-bond donors (Lipinski definition) is 1. The van der Waals surface area contributed by atoms with Crippen molar-refractivity contribution in [2.24, 2.45) is 0 Å². The lowest BCUT2D eigenvalue weighted by molar-refractivity contribution is -0.141. The fraction of sp³-hybridized carbons (Fsp3) is 0.481. The summed E-state index contributed by atoms with van der Waals surface area (Å²) in [6.07, 6.45) is 6.23. The molecular formula is C27H35FN2O2. The lowest BCUT2D eigenvalue weighted by atomic mass is 9.95. The third-order valence-electron chi connectivity index (χ3n) is 6.24. The first kappa shape index (κ1) is 24.0. The molecule has 0 spiro atoms. The molecule has 1 saturated carbocycles. The Hall–Kier alpha value is -2.69. The topological polar surface area (TPSA) is 49.4 Å². The number of carbonyl (C=O) groups excluding carboxylic acids is 2. The van der Waals surface area contributed by atoms with Crippen LogP contribution in [-0.4, -0.2) is 28.8 Å². The summed E-state index contributed by atoms with van der Waals surface area (Å²) in [5.74, 6) is -0.496. The summed E-state index contributed by atoms with van der Waals surface area (Å²) < 4.78 is 13.4. The maximum Gasteiger partial charge on any atom is 0.243 e. The highest BCUT2D eigenvalue weighted by Gasteiger charge is 2.30. The summed E-state index contributed by atoms with van der Waals surface area (Å²) in [5.41, 5.74) is 3.98. The SMILES string of the molecule is CC[C@H](C(=O)NC1CCCCC1)N(Cc1ccc(F)cc1)C(=O)Cc1cc(C)cc(C)c1. The van der Waals surface area contributed by atoms with Crippen molar-refractivity contribution in [2.75, 3.05) is 0 Å². The Kier molecular flexibility index (Phi) is 8.43. The number of rotatable bonds is 8. The highest BCUT2D eigenvalue weighted by atomic mass is 19.1. The summed E-state index contributed by atoms with van der Waals surface area (Å²) >= 11 is 0. The number of nitrogens with one attached hydrogen (secondary N) is 1. The monoisotopic (exact) mass is 438 g/mol. The van der Waals surface area contributed by atoms with E-state index in [2.05, 4.69) is 11.4 Å². The van der Waals surface area contributed by atoms with Crippen LogP contribution in [0.15, 0.2) is 42.5 Å². The van der Waals surface area contributed by atoms with Crippen LogP contribution in [0.3, 0.4) is 0 Å². The molecule has 3 rings (SSSR count). The average Bonchev–Trinajstić information content (AvgIpc) is 2.75. The molecule has 5 heteroatoms. The normalized spacial score (nSPS) is 15.2. The Labute approximate surface area is 191 Å². The van der Waals surface area contributed by atoms with E-state index in [1.165, 1.54) is 18.6 Å². The molecule has 1 aliphatic carbocycles. The first-order chi connectivity index (χ1) is 15.4. The van der Waals surface area contributed by atoms with Gasteiger partial charge >= 0.3 is 0 Å². The summed E-state index contributed by atoms with van der Waals surface area (Å²) in [4.78, 5) is 28.4. The first-order valence-electron chi connectivity index (χ1n) is 11.8. The summed E-state index contributed by atoms with van der Waals surface area (Å²) in [5, 5.41) is 3.19. The number of aryl methyl sites for hydroxylation is 2. The number of amides is 2. The Bertz CT molecular complexity index is 900. The molecule has 4 nitrogen and oxygen atoms in total. The Balaban J connectivity index is 1.82. The molecule has 2 aromatic rings. The van der Waals surface area contributed by atoms with E-state index in [0.29, 0.717) is 6.42 Å². The Morgan fingerprint density at radius 2 is 1.62 bits per heavy atom. The number of hydrogen-bond acceptors (Lipinski definition) is 2. The van der Waals surface area contributed by atoms with Gasteiger partial charge in [-0.3, -0.25) is 9.59 Å². The van der Waals surface area contributed by atoms with Crippen LogP contribution in [0.25, 0.3) is 0 Å². The van der Waals surface area contributed by atoms with Crippen molar-refractivity contribution in [2.45, 2.75) is 84.3 Å². The van der Waals surface area contributed by atoms with Crippen LogP contribution in [0.4, 0.5) is 4.39 Å². The van der Waals surface area contributed by atoms with E-state index in [9.17, 15) is 14.0 Å². The average molecular weight is 439 g/mol. The lowest BCUT2D eigenvalue weighted by Gasteiger charge is -2.33. The minimum Gasteiger partial charge on any atom is -0.352 e. The minimum atomic E-state index is -0.555. The molecule has 0 aliphatic heterocycles. The molecule has 0 heterocycles. The van der Waals surface area contributed by atoms with E-state index >= 15 is 0 Å². The van der Waals surface area contributed by atoms with Gasteiger partial charge < -0.3 is 10.2 Å². The van der Waals surface area contributed by atoms with Crippen LogP contribution < -0.4 is 5.32 Å². The standard InChI is InChI=1S/C27H35FN2O2/c1-4-25(27(32)29-24-8-6-5-7-9-24)30(18-21-10-12-23(28)13-11-21)26(31)17-22-15-19(2)14-20(3)16-22/h10-16,24-25H,4-9,17-18H2,1-3H3,(H,29,32)/t25-/m1/s1. The summed E-state index contributed by atoms with van der Waals surface area (Å²) in [6, 6.07) is 11.9. The minimum absolute atomic E-state index is 0.0877. The van der Waals surface area contributed by atoms with Gasteiger partial charge in [-0.25, -0.2) is 4.39 Å². The van der Waals surface area contributed by atoms with Crippen LogP contribution in [-0.2, 0) is 22.6 Å². The third kappa shape index (κ3) is 6.65. The van der Waals surface area contributed by atoms with Gasteiger partial charge in [-0.05, 0) is 56.4 Å². The van der Waals surface area contributed by atoms with E-state index in [0.717, 1.165) is 47.9 Å². The third-order valence-corrected chi connectivity index (χ3v) is 6.24. The van der Waals surface area contributed by atoms with Gasteiger partial charge in [-0.1, -0.05) is 67.6 Å². The molecule has 0 bridgehead atoms. The number of halogens is 1. The molecular weight excluding hydrogens is 403 g/mol. The number of nitrogens with zero attached hydrogens (tertiary/aromatic N) is 1. The van der Waals surface area contributed by atoms with Crippen molar-refractivity contribution < 1.29 is 14.0 Å². The zero-order valence-electron chi connectivity index (χ0n) is 19.5. The molecule has 2 amide bonds. The van der Waals surface area contributed by atoms with Crippen molar-refractivity contribution >= 4 is 11.8 Å². The fourth-order valence-electron chi connectivity index (χ4n) is 4.70. The van der Waals surface area contributed by atoms with Crippen molar-refractivity contribution in [3.63, 3.8) is 0 Å². The van der Waals surface area contributed by atoms with Gasteiger partial charge in [-0.2, -0.15) is 0 Å². The van der Waals surface area contributed by atoms with Gasteiger partial charge in [0.15, 0.2) is 0 Å². The summed E-state index contributed by atoms with van der Waals surface area (Å²) in [7, 11) is 0. The van der Waals surface area contributed by atoms with E-state index < -0.39 is 6.04 Å². The second-order valence-corrected chi connectivity index (χ2v) is 9.09. The molecule has 1 fully saturated rings. The highest BCUT2D eigenvalue weighted by Crippen LogP contribution is 2.20. The van der Waals surface area contributed by atoms with Gasteiger partial charge in [-0.15, -0.1) is 0 Å². The van der Waals surface area contributed by atoms with Gasteiger partial charge in [0, 0.05) is 12.6 Å². The molecule has 1 atom stereocenters. The van der Waals surface area contributed by atoms with Crippen LogP contribution in [0.2, 0.25) is 0 Å². The van der Waals surface area contributed by atoms with E-state index in [4.69, 9.17) is 0 Å². The van der Waals surface area contributed by atoms with E-state index in [1.54, 1.807) is 17.0 Å². The largest absolute Gasteiger partial charge is 0.352 e. The van der Waals surface area contributed by atoms with Crippen molar-refractivity contribution in [3.8, 4) is 0 Å². The predicted octanol–water partition coefficient (Wildman–Crippen LogP) is 5.24.